The Morgan fingerprint density at radius 2 is 1.68 bits per heavy atom. The molecule has 3 heterocycles. The number of hydrogen-bond donors (Lipinski definition) is 1. The van der Waals surface area contributed by atoms with Gasteiger partial charge in [0.1, 0.15) is 0 Å². The third kappa shape index (κ3) is 6.59. The number of aliphatic hydroxyl groups excluding tert-OH is 1. The van der Waals surface area contributed by atoms with Gasteiger partial charge >= 0.3 is 0 Å². The molecule has 0 amide bonds. The molecule has 1 saturated carbocycles. The molecule has 8 atom stereocenters. The molecular weight excluding hydrogens is 432 g/mol. The molecule has 6 heteroatoms. The lowest BCUT2D eigenvalue weighted by atomic mass is 9.86. The molecule has 0 aromatic heterocycles. The summed E-state index contributed by atoms with van der Waals surface area (Å²) >= 11 is 0. The maximum Gasteiger partial charge on any atom is 0.157 e. The van der Waals surface area contributed by atoms with Crippen LogP contribution in [0.1, 0.15) is 76.2 Å². The van der Waals surface area contributed by atoms with E-state index in [0.717, 1.165) is 71.0 Å². The summed E-state index contributed by atoms with van der Waals surface area (Å²) in [5.41, 5.74) is 1.35. The zero-order valence-electron chi connectivity index (χ0n) is 20.4. The van der Waals surface area contributed by atoms with Crippen LogP contribution < -0.4 is 0 Å². The van der Waals surface area contributed by atoms with Gasteiger partial charge in [0.05, 0.1) is 18.3 Å². The number of aliphatic hydroxyl groups is 1. The molecule has 1 aliphatic carbocycles. The normalized spacial score (nSPS) is 36.9. The molecule has 3 aliphatic heterocycles. The fourth-order valence-corrected chi connectivity index (χ4v) is 6.34. The van der Waals surface area contributed by atoms with Crippen molar-refractivity contribution in [1.29, 1.82) is 0 Å². The highest BCUT2D eigenvalue weighted by molar-refractivity contribution is 5.14. The number of aryl methyl sites for hydroxylation is 1. The number of benzene rings is 1. The smallest absolute Gasteiger partial charge is 0.157 e. The quantitative estimate of drug-likeness (QED) is 0.517. The molecule has 4 fully saturated rings. The summed E-state index contributed by atoms with van der Waals surface area (Å²) in [5, 5.41) is 10.1. The average molecular weight is 475 g/mol. The lowest BCUT2D eigenvalue weighted by molar-refractivity contribution is -0.203. The minimum absolute atomic E-state index is 0.0785. The molecule has 4 aliphatic rings. The standard InChI is InChI=1S/C28H42O6/c29-26-18-23-22(24(19-25(23)33-26)34-28-11-5-7-17-31-28)15-14-21(32-27-10-4-6-16-30-27)13-12-20-8-2-1-3-9-20/h1-3,8-9,21-29H,4-7,10-19H2/t21-,22+,23+,24?,25-,26?,27?,28?/m0/s1. The summed E-state index contributed by atoms with van der Waals surface area (Å²) in [6, 6.07) is 10.7. The topological polar surface area (TPSA) is 66.4 Å². The highest BCUT2D eigenvalue weighted by atomic mass is 16.7. The van der Waals surface area contributed by atoms with Gasteiger partial charge in [-0.3, -0.25) is 0 Å². The molecule has 4 unspecified atom stereocenters. The minimum Gasteiger partial charge on any atom is -0.368 e. The molecule has 1 N–H and O–H groups in total. The summed E-state index contributed by atoms with van der Waals surface area (Å²) in [6.07, 6.45) is 11.7. The van der Waals surface area contributed by atoms with Crippen LogP contribution in [0.15, 0.2) is 30.3 Å². The Bertz CT molecular complexity index is 717. The van der Waals surface area contributed by atoms with Gasteiger partial charge in [0, 0.05) is 26.1 Å². The molecule has 1 aromatic carbocycles. The van der Waals surface area contributed by atoms with Gasteiger partial charge in [-0.05, 0) is 81.6 Å². The van der Waals surface area contributed by atoms with Crippen molar-refractivity contribution in [3.05, 3.63) is 35.9 Å². The van der Waals surface area contributed by atoms with E-state index in [0.29, 0.717) is 18.3 Å². The van der Waals surface area contributed by atoms with Crippen LogP contribution >= 0.6 is 0 Å². The predicted molar refractivity (Wildman–Crippen MR) is 128 cm³/mol. The molecule has 34 heavy (non-hydrogen) atoms. The van der Waals surface area contributed by atoms with Crippen molar-refractivity contribution in [2.24, 2.45) is 11.8 Å². The van der Waals surface area contributed by atoms with Gasteiger partial charge in [0.25, 0.3) is 0 Å². The van der Waals surface area contributed by atoms with Crippen molar-refractivity contribution >= 4 is 0 Å². The van der Waals surface area contributed by atoms with E-state index in [9.17, 15) is 5.11 Å². The van der Waals surface area contributed by atoms with Crippen molar-refractivity contribution < 1.29 is 28.8 Å². The van der Waals surface area contributed by atoms with E-state index in [1.807, 2.05) is 0 Å². The zero-order valence-corrected chi connectivity index (χ0v) is 20.4. The molecular formula is C28H42O6. The van der Waals surface area contributed by atoms with Gasteiger partial charge in [-0.25, -0.2) is 0 Å². The van der Waals surface area contributed by atoms with Crippen LogP contribution in [0.25, 0.3) is 0 Å². The Morgan fingerprint density at radius 3 is 2.41 bits per heavy atom. The summed E-state index contributed by atoms with van der Waals surface area (Å²) < 4.78 is 30.7. The van der Waals surface area contributed by atoms with Crippen LogP contribution in [0.4, 0.5) is 0 Å². The lowest BCUT2D eigenvalue weighted by Crippen LogP contribution is -2.33. The fraction of sp³-hybridized carbons (Fsp3) is 0.786. The fourth-order valence-electron chi connectivity index (χ4n) is 6.34. The van der Waals surface area contributed by atoms with Gasteiger partial charge in [-0.15, -0.1) is 0 Å². The van der Waals surface area contributed by atoms with Gasteiger partial charge in [-0.2, -0.15) is 0 Å². The van der Waals surface area contributed by atoms with Gasteiger partial charge < -0.3 is 28.8 Å². The highest BCUT2D eigenvalue weighted by Gasteiger charge is 2.50. The van der Waals surface area contributed by atoms with Crippen LogP contribution in [-0.4, -0.2) is 55.5 Å². The van der Waals surface area contributed by atoms with E-state index in [-0.39, 0.29) is 30.9 Å². The first-order valence-corrected chi connectivity index (χ1v) is 13.7. The Kier molecular flexibility index (Phi) is 8.91. The van der Waals surface area contributed by atoms with Gasteiger partial charge in [0.15, 0.2) is 18.9 Å². The Morgan fingerprint density at radius 1 is 0.912 bits per heavy atom. The van der Waals surface area contributed by atoms with Gasteiger partial charge in [0.2, 0.25) is 0 Å². The maximum absolute atomic E-state index is 10.1. The van der Waals surface area contributed by atoms with E-state index in [2.05, 4.69) is 30.3 Å². The Balaban J connectivity index is 1.21. The predicted octanol–water partition coefficient (Wildman–Crippen LogP) is 4.97. The number of ether oxygens (including phenoxy) is 5. The summed E-state index contributed by atoms with van der Waals surface area (Å²) in [5.74, 6) is 0.715. The second kappa shape index (κ2) is 12.3. The summed E-state index contributed by atoms with van der Waals surface area (Å²) in [6.45, 7) is 1.59. The van der Waals surface area contributed by atoms with Crippen LogP contribution in [0.3, 0.4) is 0 Å². The minimum atomic E-state index is -0.634. The molecule has 0 radical (unpaired) electrons. The molecule has 1 aromatic rings. The van der Waals surface area contributed by atoms with Crippen LogP contribution in [0.2, 0.25) is 0 Å². The first kappa shape index (κ1) is 24.7. The lowest BCUT2D eigenvalue weighted by Gasteiger charge is -2.32. The van der Waals surface area contributed by atoms with Crippen LogP contribution in [0.5, 0.6) is 0 Å². The van der Waals surface area contributed by atoms with E-state index >= 15 is 0 Å². The molecule has 5 rings (SSSR count). The van der Waals surface area contributed by atoms with E-state index in [1.165, 1.54) is 18.4 Å². The number of rotatable bonds is 10. The molecule has 3 saturated heterocycles. The second-order valence-electron chi connectivity index (χ2n) is 10.6. The van der Waals surface area contributed by atoms with Crippen molar-refractivity contribution in [3.8, 4) is 0 Å². The first-order chi connectivity index (χ1) is 16.7. The molecule has 190 valence electrons. The summed E-state index contributed by atoms with van der Waals surface area (Å²) in [7, 11) is 0. The van der Waals surface area contributed by atoms with Crippen molar-refractivity contribution in [2.75, 3.05) is 13.2 Å². The molecule has 0 bridgehead atoms. The van der Waals surface area contributed by atoms with Crippen molar-refractivity contribution in [1.82, 2.24) is 0 Å². The largest absolute Gasteiger partial charge is 0.368 e. The van der Waals surface area contributed by atoms with E-state index < -0.39 is 6.29 Å². The first-order valence-electron chi connectivity index (χ1n) is 13.7. The molecule has 6 nitrogen and oxygen atoms in total. The monoisotopic (exact) mass is 474 g/mol. The Hall–Kier alpha value is -1.02. The number of hydrogen-bond acceptors (Lipinski definition) is 6. The third-order valence-corrected chi connectivity index (χ3v) is 8.14. The maximum atomic E-state index is 10.1. The van der Waals surface area contributed by atoms with Crippen molar-refractivity contribution in [2.45, 2.75) is 114 Å². The highest BCUT2D eigenvalue weighted by Crippen LogP contribution is 2.47. The van der Waals surface area contributed by atoms with E-state index in [1.54, 1.807) is 0 Å². The SMILES string of the molecule is OC1C[C@H]2[C@H](CC(OC3CCCCO3)[C@@H]2CC[C@H](CCc2ccccc2)OC2CCCCO2)O1. The third-order valence-electron chi connectivity index (χ3n) is 8.14. The second-order valence-corrected chi connectivity index (χ2v) is 10.6. The Labute approximate surface area is 204 Å². The number of fused-ring (bicyclic) bond motifs is 1. The van der Waals surface area contributed by atoms with Crippen LogP contribution in [0, 0.1) is 11.8 Å². The van der Waals surface area contributed by atoms with Crippen molar-refractivity contribution in [3.63, 3.8) is 0 Å². The summed E-state index contributed by atoms with van der Waals surface area (Å²) in [4.78, 5) is 0. The molecule has 0 spiro atoms. The van der Waals surface area contributed by atoms with Crippen LogP contribution in [-0.2, 0) is 30.1 Å². The van der Waals surface area contributed by atoms with Gasteiger partial charge in [-0.1, -0.05) is 30.3 Å². The average Bonchev–Trinajstić information content (AvgIpc) is 3.38. The zero-order chi connectivity index (χ0) is 23.2. The van der Waals surface area contributed by atoms with E-state index in [4.69, 9.17) is 23.7 Å².